The Morgan fingerprint density at radius 2 is 2.22 bits per heavy atom. The maximum Gasteiger partial charge on any atom is 0.225 e. The van der Waals surface area contributed by atoms with Crippen molar-refractivity contribution in [2.24, 2.45) is 13.0 Å². The molecule has 5 nitrogen and oxygen atoms in total. The second kappa shape index (κ2) is 6.45. The van der Waals surface area contributed by atoms with Gasteiger partial charge in [-0.1, -0.05) is 6.07 Å². The largest absolute Gasteiger partial charge is 0.352 e. The van der Waals surface area contributed by atoms with Gasteiger partial charge in [0.15, 0.2) is 11.6 Å². The molecule has 1 fully saturated rings. The van der Waals surface area contributed by atoms with Crippen molar-refractivity contribution in [2.45, 2.75) is 12.5 Å². The van der Waals surface area contributed by atoms with E-state index in [1.54, 1.807) is 10.9 Å². The SMILES string of the molecule is Cn1cc([C@H]2CNC[C@@H]2C(=O)NCc2ccc(F)c(F)c2)cn1. The summed E-state index contributed by atoms with van der Waals surface area (Å²) in [5.74, 6) is -2.05. The molecule has 0 bridgehead atoms. The highest BCUT2D eigenvalue weighted by molar-refractivity contribution is 5.80. The first-order chi connectivity index (χ1) is 11.0. The van der Waals surface area contributed by atoms with E-state index in [1.807, 2.05) is 13.2 Å². The van der Waals surface area contributed by atoms with Gasteiger partial charge in [-0.3, -0.25) is 9.48 Å². The Morgan fingerprint density at radius 1 is 1.39 bits per heavy atom. The van der Waals surface area contributed by atoms with Crippen molar-refractivity contribution in [2.75, 3.05) is 13.1 Å². The van der Waals surface area contributed by atoms with Gasteiger partial charge in [0, 0.05) is 38.8 Å². The summed E-state index contributed by atoms with van der Waals surface area (Å²) >= 11 is 0. The molecule has 1 amide bonds. The van der Waals surface area contributed by atoms with Gasteiger partial charge in [0.25, 0.3) is 0 Å². The van der Waals surface area contributed by atoms with Crippen LogP contribution in [0, 0.1) is 17.6 Å². The highest BCUT2D eigenvalue weighted by atomic mass is 19.2. The molecule has 0 saturated carbocycles. The van der Waals surface area contributed by atoms with E-state index in [0.29, 0.717) is 12.1 Å². The number of hydrogen-bond donors (Lipinski definition) is 2. The van der Waals surface area contributed by atoms with E-state index in [2.05, 4.69) is 15.7 Å². The third kappa shape index (κ3) is 3.39. The summed E-state index contributed by atoms with van der Waals surface area (Å²) in [6, 6.07) is 3.62. The molecule has 2 heterocycles. The number of hydrogen-bond acceptors (Lipinski definition) is 3. The zero-order chi connectivity index (χ0) is 16.4. The standard InChI is InChI=1S/C16H18F2N4O/c1-22-9-11(6-21-22)12-7-19-8-13(12)16(23)20-5-10-2-3-14(17)15(18)4-10/h2-4,6,9,12-13,19H,5,7-8H2,1H3,(H,20,23)/t12-,13+/m1/s1. The van der Waals surface area contributed by atoms with E-state index in [-0.39, 0.29) is 24.3 Å². The number of aromatic nitrogens is 2. The molecule has 122 valence electrons. The Hall–Kier alpha value is -2.28. The van der Waals surface area contributed by atoms with E-state index >= 15 is 0 Å². The average Bonchev–Trinajstić information content (AvgIpc) is 3.16. The molecular formula is C16H18F2N4O. The summed E-state index contributed by atoms with van der Waals surface area (Å²) < 4.78 is 27.8. The predicted octanol–water partition coefficient (Wildman–Crippen LogP) is 1.32. The Morgan fingerprint density at radius 3 is 2.91 bits per heavy atom. The maximum atomic E-state index is 13.2. The second-order valence-electron chi connectivity index (χ2n) is 5.78. The van der Waals surface area contributed by atoms with Gasteiger partial charge in [0.2, 0.25) is 5.91 Å². The number of nitrogens with one attached hydrogen (secondary N) is 2. The third-order valence-electron chi connectivity index (χ3n) is 4.15. The summed E-state index contributed by atoms with van der Waals surface area (Å²) in [7, 11) is 1.84. The summed E-state index contributed by atoms with van der Waals surface area (Å²) in [4.78, 5) is 12.4. The second-order valence-corrected chi connectivity index (χ2v) is 5.78. The first-order valence-corrected chi connectivity index (χ1v) is 7.45. The molecule has 2 aromatic rings. The maximum absolute atomic E-state index is 13.2. The lowest BCUT2D eigenvalue weighted by molar-refractivity contribution is -0.125. The molecule has 0 radical (unpaired) electrons. The lowest BCUT2D eigenvalue weighted by Crippen LogP contribution is -2.34. The van der Waals surface area contributed by atoms with Crippen molar-refractivity contribution in [1.82, 2.24) is 20.4 Å². The summed E-state index contributed by atoms with van der Waals surface area (Å²) in [5.41, 5.74) is 1.55. The lowest BCUT2D eigenvalue weighted by Gasteiger charge is -2.17. The fourth-order valence-corrected chi connectivity index (χ4v) is 2.91. The van der Waals surface area contributed by atoms with E-state index in [1.165, 1.54) is 6.07 Å². The molecule has 7 heteroatoms. The van der Waals surface area contributed by atoms with Gasteiger partial charge in [-0.05, 0) is 23.3 Å². The molecule has 2 atom stereocenters. The summed E-state index contributed by atoms with van der Waals surface area (Å²) in [6.45, 7) is 1.48. The minimum absolute atomic E-state index is 0.0636. The van der Waals surface area contributed by atoms with Crippen LogP contribution in [-0.2, 0) is 18.4 Å². The van der Waals surface area contributed by atoms with Crippen LogP contribution >= 0.6 is 0 Å². The van der Waals surface area contributed by atoms with Crippen LogP contribution in [0.15, 0.2) is 30.6 Å². The summed E-state index contributed by atoms with van der Waals surface area (Å²) in [5, 5.41) is 10.2. The number of halogens is 2. The van der Waals surface area contributed by atoms with E-state index < -0.39 is 11.6 Å². The van der Waals surface area contributed by atoms with Gasteiger partial charge in [0.1, 0.15) is 0 Å². The Bertz CT molecular complexity index is 716. The van der Waals surface area contributed by atoms with Gasteiger partial charge in [-0.25, -0.2) is 8.78 Å². The van der Waals surface area contributed by atoms with Gasteiger partial charge in [-0.2, -0.15) is 5.10 Å². The normalized spacial score (nSPS) is 20.7. The number of aryl methyl sites for hydroxylation is 1. The van der Waals surface area contributed by atoms with Crippen LogP contribution < -0.4 is 10.6 Å². The topological polar surface area (TPSA) is 59.0 Å². The molecule has 0 aliphatic carbocycles. The van der Waals surface area contributed by atoms with Gasteiger partial charge < -0.3 is 10.6 Å². The van der Waals surface area contributed by atoms with E-state index in [4.69, 9.17) is 0 Å². The van der Waals surface area contributed by atoms with Crippen LogP contribution in [0.2, 0.25) is 0 Å². The van der Waals surface area contributed by atoms with Crippen molar-refractivity contribution < 1.29 is 13.6 Å². The van der Waals surface area contributed by atoms with Crippen LogP contribution in [0.5, 0.6) is 0 Å². The number of benzene rings is 1. The Kier molecular flexibility index (Phi) is 4.38. The molecule has 1 aromatic heterocycles. The van der Waals surface area contributed by atoms with Gasteiger partial charge in [0.05, 0.1) is 12.1 Å². The number of carbonyl (C=O) groups is 1. The van der Waals surface area contributed by atoms with Crippen LogP contribution in [0.25, 0.3) is 0 Å². The minimum Gasteiger partial charge on any atom is -0.352 e. The number of rotatable bonds is 4. The highest BCUT2D eigenvalue weighted by Gasteiger charge is 2.34. The van der Waals surface area contributed by atoms with Crippen molar-refractivity contribution in [1.29, 1.82) is 0 Å². The molecule has 0 unspecified atom stereocenters. The average molecular weight is 320 g/mol. The first-order valence-electron chi connectivity index (χ1n) is 7.45. The Balaban J connectivity index is 1.64. The molecule has 0 spiro atoms. The van der Waals surface area contributed by atoms with Crippen molar-refractivity contribution in [3.8, 4) is 0 Å². The fraction of sp³-hybridized carbons (Fsp3) is 0.375. The Labute approximate surface area is 132 Å². The molecule has 1 aliphatic heterocycles. The van der Waals surface area contributed by atoms with Crippen molar-refractivity contribution in [3.63, 3.8) is 0 Å². The molecule has 3 rings (SSSR count). The zero-order valence-corrected chi connectivity index (χ0v) is 12.7. The first kappa shape index (κ1) is 15.6. The number of amides is 1. The zero-order valence-electron chi connectivity index (χ0n) is 12.7. The van der Waals surface area contributed by atoms with Crippen LogP contribution in [0.3, 0.4) is 0 Å². The van der Waals surface area contributed by atoms with Crippen LogP contribution in [-0.4, -0.2) is 28.8 Å². The summed E-state index contributed by atoms with van der Waals surface area (Å²) in [6.07, 6.45) is 3.68. The minimum atomic E-state index is -0.910. The molecule has 2 N–H and O–H groups in total. The number of carbonyl (C=O) groups excluding carboxylic acids is 1. The van der Waals surface area contributed by atoms with Gasteiger partial charge >= 0.3 is 0 Å². The smallest absolute Gasteiger partial charge is 0.225 e. The molecule has 1 aliphatic rings. The van der Waals surface area contributed by atoms with E-state index in [9.17, 15) is 13.6 Å². The fourth-order valence-electron chi connectivity index (χ4n) is 2.91. The number of nitrogens with zero attached hydrogens (tertiary/aromatic N) is 2. The molecular weight excluding hydrogens is 302 g/mol. The van der Waals surface area contributed by atoms with Crippen molar-refractivity contribution >= 4 is 5.91 Å². The predicted molar refractivity (Wildman–Crippen MR) is 80.5 cm³/mol. The highest BCUT2D eigenvalue weighted by Crippen LogP contribution is 2.27. The van der Waals surface area contributed by atoms with Crippen LogP contribution in [0.1, 0.15) is 17.0 Å². The quantitative estimate of drug-likeness (QED) is 0.893. The van der Waals surface area contributed by atoms with Crippen LogP contribution in [0.4, 0.5) is 8.78 Å². The lowest BCUT2D eigenvalue weighted by atomic mass is 9.90. The molecule has 23 heavy (non-hydrogen) atoms. The third-order valence-corrected chi connectivity index (χ3v) is 4.15. The van der Waals surface area contributed by atoms with Gasteiger partial charge in [-0.15, -0.1) is 0 Å². The van der Waals surface area contributed by atoms with E-state index in [0.717, 1.165) is 24.2 Å². The molecule has 1 saturated heterocycles. The monoisotopic (exact) mass is 320 g/mol. The van der Waals surface area contributed by atoms with Crippen molar-refractivity contribution in [3.05, 3.63) is 53.4 Å². The molecule has 1 aromatic carbocycles.